The van der Waals surface area contributed by atoms with Crippen LogP contribution in [-0.4, -0.2) is 15.7 Å². The van der Waals surface area contributed by atoms with Crippen LogP contribution in [-0.2, 0) is 11.4 Å². The number of aromatic nitrogens is 1. The Balaban J connectivity index is 1.65. The molecule has 120 valence electrons. The van der Waals surface area contributed by atoms with Crippen LogP contribution < -0.4 is 0 Å². The highest BCUT2D eigenvalue weighted by Crippen LogP contribution is 2.14. The quantitative estimate of drug-likeness (QED) is 0.392. The molecule has 6 nitrogen and oxygen atoms in total. The van der Waals surface area contributed by atoms with E-state index in [9.17, 15) is 10.1 Å². The lowest BCUT2D eigenvalue weighted by Gasteiger charge is -2.05. The van der Waals surface area contributed by atoms with E-state index in [-0.39, 0.29) is 12.3 Å². The second-order valence-electron chi connectivity index (χ2n) is 5.07. The van der Waals surface area contributed by atoms with Crippen LogP contribution in [0.2, 0.25) is 0 Å². The van der Waals surface area contributed by atoms with Crippen LogP contribution in [0.5, 0.6) is 0 Å². The number of hydrogen-bond donors (Lipinski definition) is 0. The second-order valence-corrected chi connectivity index (χ2v) is 5.07. The van der Waals surface area contributed by atoms with Crippen molar-refractivity contribution in [3.8, 4) is 5.69 Å². The SMILES string of the molecule is O=[N+]([O-])c1cccc(CO/N=C\c2cccn2-c2ccccc2)c1. The zero-order chi connectivity index (χ0) is 16.8. The Morgan fingerprint density at radius 2 is 1.92 bits per heavy atom. The van der Waals surface area contributed by atoms with Crippen LogP contribution in [0.3, 0.4) is 0 Å². The summed E-state index contributed by atoms with van der Waals surface area (Å²) in [4.78, 5) is 15.6. The summed E-state index contributed by atoms with van der Waals surface area (Å²) in [7, 11) is 0. The summed E-state index contributed by atoms with van der Waals surface area (Å²) in [6.45, 7) is 0.171. The third-order valence-electron chi connectivity index (χ3n) is 3.43. The molecule has 1 heterocycles. The number of benzene rings is 2. The van der Waals surface area contributed by atoms with Crippen molar-refractivity contribution in [1.29, 1.82) is 0 Å². The Labute approximate surface area is 138 Å². The van der Waals surface area contributed by atoms with Crippen LogP contribution in [0.4, 0.5) is 5.69 Å². The first-order valence-electron chi connectivity index (χ1n) is 7.35. The van der Waals surface area contributed by atoms with Gasteiger partial charge in [-0.25, -0.2) is 0 Å². The maximum atomic E-state index is 10.7. The van der Waals surface area contributed by atoms with Gasteiger partial charge in [-0.2, -0.15) is 0 Å². The number of nitrogens with zero attached hydrogens (tertiary/aromatic N) is 3. The zero-order valence-electron chi connectivity index (χ0n) is 12.8. The Morgan fingerprint density at radius 3 is 2.71 bits per heavy atom. The predicted molar refractivity (Wildman–Crippen MR) is 91.2 cm³/mol. The molecular weight excluding hydrogens is 306 g/mol. The Kier molecular flexibility index (Phi) is 4.67. The van der Waals surface area contributed by atoms with Crippen LogP contribution in [0.25, 0.3) is 5.69 Å². The van der Waals surface area contributed by atoms with Crippen molar-refractivity contribution in [2.75, 3.05) is 0 Å². The van der Waals surface area contributed by atoms with Crippen LogP contribution in [0.15, 0.2) is 78.1 Å². The summed E-state index contributed by atoms with van der Waals surface area (Å²) in [5, 5.41) is 14.7. The number of hydrogen-bond acceptors (Lipinski definition) is 4. The van der Waals surface area contributed by atoms with Crippen LogP contribution >= 0.6 is 0 Å². The average molecular weight is 321 g/mol. The molecule has 0 saturated heterocycles. The largest absolute Gasteiger partial charge is 0.391 e. The number of para-hydroxylation sites is 1. The fourth-order valence-corrected chi connectivity index (χ4v) is 2.29. The van der Waals surface area contributed by atoms with Crippen molar-refractivity contribution in [2.24, 2.45) is 5.16 Å². The van der Waals surface area contributed by atoms with Gasteiger partial charge in [0.1, 0.15) is 6.61 Å². The van der Waals surface area contributed by atoms with Crippen molar-refractivity contribution < 1.29 is 9.76 Å². The van der Waals surface area contributed by atoms with Gasteiger partial charge >= 0.3 is 0 Å². The van der Waals surface area contributed by atoms with E-state index in [1.165, 1.54) is 12.1 Å². The molecule has 1 aromatic heterocycles. The van der Waals surface area contributed by atoms with Crippen molar-refractivity contribution in [3.63, 3.8) is 0 Å². The number of rotatable bonds is 6. The molecule has 0 radical (unpaired) electrons. The molecule has 0 aliphatic heterocycles. The third kappa shape index (κ3) is 3.67. The summed E-state index contributed by atoms with van der Waals surface area (Å²) in [5.41, 5.74) is 2.64. The molecule has 0 aliphatic carbocycles. The van der Waals surface area contributed by atoms with Gasteiger partial charge in [0.25, 0.3) is 5.69 Å². The number of nitro benzene ring substituents is 1. The molecule has 6 heteroatoms. The smallest absolute Gasteiger partial charge is 0.269 e. The second kappa shape index (κ2) is 7.23. The van der Waals surface area contributed by atoms with Crippen molar-refractivity contribution in [3.05, 3.63) is 94.3 Å². The topological polar surface area (TPSA) is 69.7 Å². The van der Waals surface area contributed by atoms with Gasteiger partial charge in [-0.05, 0) is 29.8 Å². The molecule has 3 rings (SSSR count). The fourth-order valence-electron chi connectivity index (χ4n) is 2.29. The summed E-state index contributed by atoms with van der Waals surface area (Å²) >= 11 is 0. The van der Waals surface area contributed by atoms with E-state index in [2.05, 4.69) is 5.16 Å². The minimum Gasteiger partial charge on any atom is -0.391 e. The standard InChI is InChI=1S/C18H15N3O3/c22-21(23)17-9-4-6-15(12-17)14-24-19-13-18-10-5-11-20(18)16-7-2-1-3-8-16/h1-13H,14H2/b19-13-. The molecule has 0 spiro atoms. The molecule has 2 aromatic carbocycles. The Morgan fingerprint density at radius 1 is 1.08 bits per heavy atom. The summed E-state index contributed by atoms with van der Waals surface area (Å²) in [6, 6.07) is 20.1. The zero-order valence-corrected chi connectivity index (χ0v) is 12.8. The molecule has 0 fully saturated rings. The molecule has 24 heavy (non-hydrogen) atoms. The number of nitro groups is 1. The van der Waals surface area contributed by atoms with E-state index in [1.807, 2.05) is 53.2 Å². The first-order chi connectivity index (χ1) is 11.7. The lowest BCUT2D eigenvalue weighted by molar-refractivity contribution is -0.384. The molecular formula is C18H15N3O3. The summed E-state index contributed by atoms with van der Waals surface area (Å²) in [6.07, 6.45) is 3.56. The van der Waals surface area contributed by atoms with E-state index >= 15 is 0 Å². The molecule has 0 N–H and O–H groups in total. The van der Waals surface area contributed by atoms with Crippen molar-refractivity contribution in [2.45, 2.75) is 6.61 Å². The van der Waals surface area contributed by atoms with Gasteiger partial charge < -0.3 is 9.40 Å². The molecule has 0 amide bonds. The highest BCUT2D eigenvalue weighted by Gasteiger charge is 2.05. The van der Waals surface area contributed by atoms with E-state index in [4.69, 9.17) is 4.84 Å². The molecule has 0 bridgehead atoms. The average Bonchev–Trinajstić information content (AvgIpc) is 3.08. The molecule has 0 atom stereocenters. The monoisotopic (exact) mass is 321 g/mol. The van der Waals surface area contributed by atoms with Crippen LogP contribution in [0.1, 0.15) is 11.3 Å². The Hall–Kier alpha value is -3.41. The number of oxime groups is 1. The Bertz CT molecular complexity index is 857. The highest BCUT2D eigenvalue weighted by atomic mass is 16.6. The minimum atomic E-state index is -0.431. The van der Waals surface area contributed by atoms with E-state index in [0.717, 1.165) is 11.4 Å². The number of non-ortho nitro benzene ring substituents is 1. The van der Waals surface area contributed by atoms with Crippen molar-refractivity contribution >= 4 is 11.9 Å². The van der Waals surface area contributed by atoms with Gasteiger partial charge in [0.2, 0.25) is 0 Å². The molecule has 0 aliphatic rings. The first-order valence-corrected chi connectivity index (χ1v) is 7.35. The normalized spacial score (nSPS) is 10.8. The van der Waals surface area contributed by atoms with E-state index < -0.39 is 4.92 Å². The van der Waals surface area contributed by atoms with Gasteiger partial charge in [0.05, 0.1) is 16.8 Å². The maximum Gasteiger partial charge on any atom is 0.269 e. The van der Waals surface area contributed by atoms with Crippen molar-refractivity contribution in [1.82, 2.24) is 4.57 Å². The molecule has 0 saturated carbocycles. The maximum absolute atomic E-state index is 10.7. The van der Waals surface area contributed by atoms with Gasteiger partial charge in [-0.3, -0.25) is 10.1 Å². The van der Waals surface area contributed by atoms with E-state index in [1.54, 1.807) is 18.3 Å². The fraction of sp³-hybridized carbons (Fsp3) is 0.0556. The van der Waals surface area contributed by atoms with Gasteiger partial charge in [0.15, 0.2) is 0 Å². The predicted octanol–water partition coefficient (Wildman–Crippen LogP) is 3.94. The summed E-state index contributed by atoms with van der Waals surface area (Å²) in [5.74, 6) is 0. The summed E-state index contributed by atoms with van der Waals surface area (Å²) < 4.78 is 1.99. The lowest BCUT2D eigenvalue weighted by atomic mass is 10.2. The van der Waals surface area contributed by atoms with Crippen LogP contribution in [0, 0.1) is 10.1 Å². The molecule has 0 unspecified atom stereocenters. The molecule has 3 aromatic rings. The first kappa shape index (κ1) is 15.5. The van der Waals surface area contributed by atoms with E-state index in [0.29, 0.717) is 5.56 Å². The highest BCUT2D eigenvalue weighted by molar-refractivity contribution is 5.78. The minimum absolute atomic E-state index is 0.0398. The lowest BCUT2D eigenvalue weighted by Crippen LogP contribution is -1.98. The van der Waals surface area contributed by atoms with Gasteiger partial charge in [0, 0.05) is 24.0 Å². The van der Waals surface area contributed by atoms with Gasteiger partial charge in [-0.1, -0.05) is 35.5 Å². The third-order valence-corrected chi connectivity index (χ3v) is 3.43. The van der Waals surface area contributed by atoms with Gasteiger partial charge in [-0.15, -0.1) is 0 Å².